The van der Waals surface area contributed by atoms with Gasteiger partial charge in [-0.3, -0.25) is 14.6 Å². The smallest absolute Gasteiger partial charge is 0.255 e. The molecule has 0 radical (unpaired) electrons. The number of nitrogens with one attached hydrogen (secondary N) is 2. The third-order valence-corrected chi connectivity index (χ3v) is 5.64. The van der Waals surface area contributed by atoms with Gasteiger partial charge >= 0.3 is 0 Å². The highest BCUT2D eigenvalue weighted by Crippen LogP contribution is 2.24. The van der Waals surface area contributed by atoms with Crippen LogP contribution in [-0.2, 0) is 0 Å². The molecule has 37 heavy (non-hydrogen) atoms. The van der Waals surface area contributed by atoms with Gasteiger partial charge in [-0.05, 0) is 36.2 Å². The molecule has 3 N–H and O–H groups in total. The van der Waals surface area contributed by atoms with Crippen LogP contribution in [0.5, 0.6) is 0 Å². The van der Waals surface area contributed by atoms with Crippen molar-refractivity contribution in [2.75, 3.05) is 30.9 Å². The van der Waals surface area contributed by atoms with Gasteiger partial charge in [0.1, 0.15) is 0 Å². The highest BCUT2D eigenvalue weighted by atomic mass is 16.3. The highest BCUT2D eigenvalue weighted by Gasteiger charge is 2.18. The van der Waals surface area contributed by atoms with Gasteiger partial charge in [-0.1, -0.05) is 42.5 Å². The van der Waals surface area contributed by atoms with Crippen LogP contribution in [0.4, 0.5) is 11.6 Å². The molecule has 4 rings (SSSR count). The van der Waals surface area contributed by atoms with Crippen LogP contribution in [-0.4, -0.2) is 52.5 Å². The first-order valence-electron chi connectivity index (χ1n) is 11.8. The maximum absolute atomic E-state index is 13.0. The van der Waals surface area contributed by atoms with Gasteiger partial charge in [0, 0.05) is 56.0 Å². The van der Waals surface area contributed by atoms with Crippen molar-refractivity contribution in [3.63, 3.8) is 0 Å². The fourth-order valence-corrected chi connectivity index (χ4v) is 3.68. The average molecular weight is 497 g/mol. The Balaban J connectivity index is 1.39. The Morgan fingerprint density at radius 3 is 2.46 bits per heavy atom. The molecular formula is C28H28N6O3. The van der Waals surface area contributed by atoms with Crippen molar-refractivity contribution < 1.29 is 14.7 Å². The SMILES string of the molecule is CN(C)c1ncc(C(=O)NCCC(O)c2cccc(NC(=O)c3ccncc3)c2)c(-c2ccccc2)n1. The molecule has 1 atom stereocenters. The zero-order valence-corrected chi connectivity index (χ0v) is 20.6. The summed E-state index contributed by atoms with van der Waals surface area (Å²) in [6.45, 7) is 0.233. The molecule has 9 heteroatoms. The van der Waals surface area contributed by atoms with E-state index in [1.54, 1.807) is 53.7 Å². The van der Waals surface area contributed by atoms with Crippen LogP contribution >= 0.6 is 0 Å². The molecule has 188 valence electrons. The molecule has 2 amide bonds. The monoisotopic (exact) mass is 496 g/mol. The molecule has 0 saturated heterocycles. The summed E-state index contributed by atoms with van der Waals surface area (Å²) in [5, 5.41) is 16.4. The minimum Gasteiger partial charge on any atom is -0.388 e. The quantitative estimate of drug-likeness (QED) is 0.323. The minimum atomic E-state index is -0.834. The second kappa shape index (κ2) is 11.9. The number of aliphatic hydroxyl groups is 1. The predicted molar refractivity (Wildman–Crippen MR) is 142 cm³/mol. The van der Waals surface area contributed by atoms with E-state index in [1.807, 2.05) is 44.4 Å². The van der Waals surface area contributed by atoms with Gasteiger partial charge in [0.05, 0.1) is 17.4 Å². The molecule has 0 aliphatic carbocycles. The number of aliphatic hydroxyl groups excluding tert-OH is 1. The molecule has 4 aromatic rings. The molecule has 2 aromatic heterocycles. The fraction of sp³-hybridized carbons (Fsp3) is 0.179. The molecule has 2 heterocycles. The van der Waals surface area contributed by atoms with Gasteiger partial charge in [-0.2, -0.15) is 0 Å². The highest BCUT2D eigenvalue weighted by molar-refractivity contribution is 6.04. The second-order valence-corrected chi connectivity index (χ2v) is 8.57. The topological polar surface area (TPSA) is 120 Å². The van der Waals surface area contributed by atoms with E-state index >= 15 is 0 Å². The molecule has 0 fully saturated rings. The summed E-state index contributed by atoms with van der Waals surface area (Å²) in [7, 11) is 3.68. The Kier molecular flexibility index (Phi) is 8.17. The van der Waals surface area contributed by atoms with E-state index in [4.69, 9.17) is 0 Å². The molecular weight excluding hydrogens is 468 g/mol. The van der Waals surface area contributed by atoms with Crippen molar-refractivity contribution in [1.82, 2.24) is 20.3 Å². The van der Waals surface area contributed by atoms with Crippen LogP contribution < -0.4 is 15.5 Å². The predicted octanol–water partition coefficient (Wildman–Crippen LogP) is 3.71. The summed E-state index contributed by atoms with van der Waals surface area (Å²) in [4.78, 5) is 40.0. The first-order valence-corrected chi connectivity index (χ1v) is 11.8. The Bertz CT molecular complexity index is 1360. The number of benzene rings is 2. The number of rotatable bonds is 9. The van der Waals surface area contributed by atoms with E-state index in [9.17, 15) is 14.7 Å². The van der Waals surface area contributed by atoms with Crippen molar-refractivity contribution in [2.24, 2.45) is 0 Å². The Morgan fingerprint density at radius 1 is 0.973 bits per heavy atom. The normalized spacial score (nSPS) is 11.4. The van der Waals surface area contributed by atoms with Crippen molar-refractivity contribution in [2.45, 2.75) is 12.5 Å². The largest absolute Gasteiger partial charge is 0.388 e. The van der Waals surface area contributed by atoms with Gasteiger partial charge in [0.15, 0.2) is 0 Å². The average Bonchev–Trinajstić information content (AvgIpc) is 2.93. The zero-order chi connectivity index (χ0) is 26.2. The first kappa shape index (κ1) is 25.5. The number of carbonyl (C=O) groups is 2. The summed E-state index contributed by atoms with van der Waals surface area (Å²) >= 11 is 0. The van der Waals surface area contributed by atoms with E-state index in [2.05, 4.69) is 25.6 Å². The van der Waals surface area contributed by atoms with Crippen molar-refractivity contribution >= 4 is 23.5 Å². The third-order valence-electron chi connectivity index (χ3n) is 5.64. The third kappa shape index (κ3) is 6.53. The summed E-state index contributed by atoms with van der Waals surface area (Å²) in [6, 6.07) is 19.7. The van der Waals surface area contributed by atoms with Crippen molar-refractivity contribution in [3.05, 3.63) is 102 Å². The lowest BCUT2D eigenvalue weighted by Crippen LogP contribution is -2.27. The van der Waals surface area contributed by atoms with E-state index in [0.29, 0.717) is 34.0 Å². The molecule has 0 aliphatic heterocycles. The molecule has 0 saturated carbocycles. The standard InChI is InChI=1S/C28H28N6O3/c1-34(2)28-31-18-23(25(33-28)19-7-4-3-5-8-19)27(37)30-16-13-24(35)21-9-6-10-22(17-21)32-26(36)20-11-14-29-15-12-20/h3-12,14-15,17-18,24,35H,13,16H2,1-2H3,(H,30,37)(H,32,36). The van der Waals surface area contributed by atoms with Crippen LogP contribution in [0.3, 0.4) is 0 Å². The number of pyridine rings is 1. The summed E-state index contributed by atoms with van der Waals surface area (Å²) in [5.74, 6) is -0.0884. The Hall–Kier alpha value is -4.63. The lowest BCUT2D eigenvalue weighted by molar-refractivity contribution is 0.0941. The minimum absolute atomic E-state index is 0.233. The van der Waals surface area contributed by atoms with Crippen LogP contribution in [0, 0.1) is 0 Å². The van der Waals surface area contributed by atoms with Gasteiger partial charge in [0.2, 0.25) is 5.95 Å². The first-order chi connectivity index (χ1) is 17.9. The van der Waals surface area contributed by atoms with Crippen molar-refractivity contribution in [1.29, 1.82) is 0 Å². The molecule has 9 nitrogen and oxygen atoms in total. The second-order valence-electron chi connectivity index (χ2n) is 8.57. The fourth-order valence-electron chi connectivity index (χ4n) is 3.68. The number of hydrogen-bond donors (Lipinski definition) is 3. The van der Waals surface area contributed by atoms with Crippen LogP contribution in [0.1, 0.15) is 38.8 Å². The number of amides is 2. The number of aromatic nitrogens is 3. The molecule has 2 aromatic carbocycles. The Morgan fingerprint density at radius 2 is 1.73 bits per heavy atom. The van der Waals surface area contributed by atoms with Gasteiger partial charge in [-0.25, -0.2) is 9.97 Å². The number of anilines is 2. The van der Waals surface area contributed by atoms with E-state index in [-0.39, 0.29) is 24.8 Å². The van der Waals surface area contributed by atoms with Crippen LogP contribution in [0.25, 0.3) is 11.3 Å². The summed E-state index contributed by atoms with van der Waals surface area (Å²) < 4.78 is 0. The summed E-state index contributed by atoms with van der Waals surface area (Å²) in [5.41, 5.74) is 3.38. The lowest BCUT2D eigenvalue weighted by Gasteiger charge is -2.16. The maximum Gasteiger partial charge on any atom is 0.255 e. The van der Waals surface area contributed by atoms with Crippen LogP contribution in [0.2, 0.25) is 0 Å². The van der Waals surface area contributed by atoms with E-state index < -0.39 is 6.10 Å². The Labute approximate surface area is 215 Å². The number of nitrogens with zero attached hydrogens (tertiary/aromatic N) is 4. The molecule has 0 aliphatic rings. The number of carbonyl (C=O) groups excluding carboxylic acids is 2. The zero-order valence-electron chi connectivity index (χ0n) is 20.6. The van der Waals surface area contributed by atoms with Crippen LogP contribution in [0.15, 0.2) is 85.3 Å². The van der Waals surface area contributed by atoms with E-state index in [0.717, 1.165) is 5.56 Å². The van der Waals surface area contributed by atoms with Crippen molar-refractivity contribution in [3.8, 4) is 11.3 Å². The lowest BCUT2D eigenvalue weighted by atomic mass is 10.0. The molecule has 0 spiro atoms. The number of hydrogen-bond acceptors (Lipinski definition) is 7. The summed E-state index contributed by atoms with van der Waals surface area (Å²) in [6.07, 6.45) is 4.07. The molecule has 1 unspecified atom stereocenters. The van der Waals surface area contributed by atoms with Gasteiger partial charge in [-0.15, -0.1) is 0 Å². The van der Waals surface area contributed by atoms with Gasteiger partial charge < -0.3 is 20.6 Å². The molecule has 0 bridgehead atoms. The van der Waals surface area contributed by atoms with E-state index in [1.165, 1.54) is 6.20 Å². The maximum atomic E-state index is 13.0. The van der Waals surface area contributed by atoms with Gasteiger partial charge in [0.25, 0.3) is 11.8 Å².